The minimum Gasteiger partial charge on any atom is -0.208 e. The maximum Gasteiger partial charge on any atom is 0.240 e. The van der Waals surface area contributed by atoms with Gasteiger partial charge in [0.2, 0.25) is 10.0 Å². The normalized spacial score (nSPS) is 13.0. The van der Waals surface area contributed by atoms with Gasteiger partial charge in [0.1, 0.15) is 0 Å². The molecule has 0 radical (unpaired) electrons. The highest BCUT2D eigenvalue weighted by Crippen LogP contribution is 2.15. The maximum atomic E-state index is 12.2. The topological polar surface area (TPSA) is 46.2 Å². The van der Waals surface area contributed by atoms with Crippen LogP contribution in [-0.4, -0.2) is 14.5 Å². The number of benzene rings is 2. The Kier molecular flexibility index (Phi) is 5.39. The van der Waals surface area contributed by atoms with Crippen molar-refractivity contribution in [3.63, 3.8) is 0 Å². The lowest BCUT2D eigenvalue weighted by Crippen LogP contribution is -2.32. The molecule has 0 aliphatic rings. The van der Waals surface area contributed by atoms with E-state index in [0.717, 1.165) is 12.8 Å². The van der Waals surface area contributed by atoms with E-state index < -0.39 is 10.0 Å². The summed E-state index contributed by atoms with van der Waals surface area (Å²) >= 11 is 5.77. The van der Waals surface area contributed by atoms with Crippen LogP contribution >= 0.6 is 11.6 Å². The third kappa shape index (κ3) is 4.84. The van der Waals surface area contributed by atoms with Crippen LogP contribution < -0.4 is 4.72 Å². The third-order valence-electron chi connectivity index (χ3n) is 3.19. The molecule has 0 aliphatic heterocycles. The van der Waals surface area contributed by atoms with Gasteiger partial charge in [0.25, 0.3) is 0 Å². The van der Waals surface area contributed by atoms with Gasteiger partial charge in [-0.15, -0.1) is 0 Å². The summed E-state index contributed by atoms with van der Waals surface area (Å²) in [7, 11) is -3.49. The van der Waals surface area contributed by atoms with Gasteiger partial charge in [-0.1, -0.05) is 41.9 Å². The molecule has 0 unspecified atom stereocenters. The Morgan fingerprint density at radius 1 is 1.05 bits per heavy atom. The van der Waals surface area contributed by atoms with Crippen LogP contribution in [0.2, 0.25) is 5.02 Å². The third-order valence-corrected chi connectivity index (χ3v) is 5.05. The quantitative estimate of drug-likeness (QED) is 0.882. The van der Waals surface area contributed by atoms with E-state index in [1.807, 2.05) is 37.3 Å². The van der Waals surface area contributed by atoms with Gasteiger partial charge in [0, 0.05) is 11.1 Å². The van der Waals surface area contributed by atoms with Crippen molar-refractivity contribution in [2.45, 2.75) is 30.7 Å². The molecular weight excluding hydrogens is 306 g/mol. The molecule has 0 heterocycles. The molecule has 0 aliphatic carbocycles. The fourth-order valence-electron chi connectivity index (χ4n) is 2.03. The molecular formula is C16H18ClNO2S. The van der Waals surface area contributed by atoms with Crippen LogP contribution in [0.4, 0.5) is 0 Å². The number of nitrogens with one attached hydrogen (secondary N) is 1. The average Bonchev–Trinajstić information content (AvgIpc) is 2.46. The molecule has 5 heteroatoms. The first-order chi connectivity index (χ1) is 9.97. The van der Waals surface area contributed by atoms with Crippen molar-refractivity contribution in [1.82, 2.24) is 4.72 Å². The summed E-state index contributed by atoms with van der Waals surface area (Å²) in [4.78, 5) is 0.235. The zero-order valence-corrected chi connectivity index (χ0v) is 13.4. The number of halogens is 1. The first-order valence-electron chi connectivity index (χ1n) is 6.79. The van der Waals surface area contributed by atoms with Crippen LogP contribution in [0, 0.1) is 0 Å². The zero-order chi connectivity index (χ0) is 15.3. The Morgan fingerprint density at radius 3 is 2.29 bits per heavy atom. The Balaban J connectivity index is 1.95. The number of hydrogen-bond donors (Lipinski definition) is 1. The van der Waals surface area contributed by atoms with Gasteiger partial charge in [-0.25, -0.2) is 13.1 Å². The predicted molar refractivity (Wildman–Crippen MR) is 86.0 cm³/mol. The van der Waals surface area contributed by atoms with Gasteiger partial charge in [-0.05, 0) is 49.6 Å². The Bertz CT molecular complexity index is 669. The van der Waals surface area contributed by atoms with E-state index in [1.54, 1.807) is 12.1 Å². The van der Waals surface area contributed by atoms with E-state index in [9.17, 15) is 8.42 Å². The smallest absolute Gasteiger partial charge is 0.208 e. The molecule has 2 aromatic rings. The average molecular weight is 324 g/mol. The second-order valence-corrected chi connectivity index (χ2v) is 7.15. The van der Waals surface area contributed by atoms with Crippen LogP contribution in [0.1, 0.15) is 18.9 Å². The zero-order valence-electron chi connectivity index (χ0n) is 11.8. The lowest BCUT2D eigenvalue weighted by molar-refractivity contribution is 0.547. The number of aryl methyl sites for hydroxylation is 1. The summed E-state index contributed by atoms with van der Waals surface area (Å²) < 4.78 is 27.1. The fraction of sp³-hybridized carbons (Fsp3) is 0.250. The van der Waals surface area contributed by atoms with Gasteiger partial charge in [0.05, 0.1) is 4.90 Å². The predicted octanol–water partition coefficient (Wildman–Crippen LogP) is 3.64. The Hall–Kier alpha value is -1.36. The standard InChI is InChI=1S/C16H18ClNO2S/c1-13(7-8-14-5-3-2-4-6-14)18-21(19,20)16-11-9-15(17)10-12-16/h2-6,9-13,18H,7-8H2,1H3/t13-/m1/s1. The number of sulfonamides is 1. The summed E-state index contributed by atoms with van der Waals surface area (Å²) in [6.07, 6.45) is 1.59. The molecule has 0 saturated heterocycles. The number of rotatable bonds is 6. The van der Waals surface area contributed by atoms with E-state index in [1.165, 1.54) is 17.7 Å². The largest absolute Gasteiger partial charge is 0.240 e. The summed E-state index contributed by atoms with van der Waals surface area (Å²) in [5.41, 5.74) is 1.20. The first-order valence-corrected chi connectivity index (χ1v) is 8.65. The van der Waals surface area contributed by atoms with Gasteiger partial charge >= 0.3 is 0 Å². The molecule has 3 nitrogen and oxygen atoms in total. The van der Waals surface area contributed by atoms with E-state index in [2.05, 4.69) is 4.72 Å². The lowest BCUT2D eigenvalue weighted by Gasteiger charge is -2.14. The molecule has 1 N–H and O–H groups in total. The molecule has 112 valence electrons. The Morgan fingerprint density at radius 2 is 1.67 bits per heavy atom. The summed E-state index contributed by atoms with van der Waals surface area (Å²) in [5.74, 6) is 0. The minimum absolute atomic E-state index is 0.133. The monoisotopic (exact) mass is 323 g/mol. The van der Waals surface area contributed by atoms with Crippen molar-refractivity contribution in [2.75, 3.05) is 0 Å². The minimum atomic E-state index is -3.49. The van der Waals surface area contributed by atoms with Gasteiger partial charge in [0.15, 0.2) is 0 Å². The van der Waals surface area contributed by atoms with Crippen LogP contribution in [-0.2, 0) is 16.4 Å². The SMILES string of the molecule is C[C@H](CCc1ccccc1)NS(=O)(=O)c1ccc(Cl)cc1. The summed E-state index contributed by atoms with van der Waals surface area (Å²) in [5, 5.41) is 0.520. The maximum absolute atomic E-state index is 12.2. The molecule has 1 atom stereocenters. The van der Waals surface area contributed by atoms with E-state index in [0.29, 0.717) is 5.02 Å². The van der Waals surface area contributed by atoms with Crippen molar-refractivity contribution in [3.05, 3.63) is 65.2 Å². The van der Waals surface area contributed by atoms with Gasteiger partial charge in [-0.2, -0.15) is 0 Å². The van der Waals surface area contributed by atoms with Crippen molar-refractivity contribution in [3.8, 4) is 0 Å². The molecule has 0 fully saturated rings. The highest BCUT2D eigenvalue weighted by atomic mass is 35.5. The van der Waals surface area contributed by atoms with Crippen LogP contribution in [0.15, 0.2) is 59.5 Å². The molecule has 0 aromatic heterocycles. The van der Waals surface area contributed by atoms with Crippen molar-refractivity contribution in [1.29, 1.82) is 0 Å². The van der Waals surface area contributed by atoms with Crippen LogP contribution in [0.5, 0.6) is 0 Å². The molecule has 0 bridgehead atoms. The fourth-order valence-corrected chi connectivity index (χ4v) is 3.44. The lowest BCUT2D eigenvalue weighted by atomic mass is 10.1. The Labute approximate surface area is 131 Å². The second kappa shape index (κ2) is 7.07. The van der Waals surface area contributed by atoms with E-state index >= 15 is 0 Å². The molecule has 21 heavy (non-hydrogen) atoms. The van der Waals surface area contributed by atoms with Gasteiger partial charge < -0.3 is 0 Å². The molecule has 2 rings (SSSR count). The van der Waals surface area contributed by atoms with Crippen LogP contribution in [0.25, 0.3) is 0 Å². The van der Waals surface area contributed by atoms with E-state index in [4.69, 9.17) is 11.6 Å². The molecule has 0 amide bonds. The van der Waals surface area contributed by atoms with Crippen molar-refractivity contribution in [2.24, 2.45) is 0 Å². The second-order valence-electron chi connectivity index (χ2n) is 5.00. The molecule has 0 saturated carbocycles. The first kappa shape index (κ1) is 16.0. The summed E-state index contributed by atoms with van der Waals surface area (Å²) in [6, 6.07) is 16.1. The number of hydrogen-bond acceptors (Lipinski definition) is 2. The highest BCUT2D eigenvalue weighted by molar-refractivity contribution is 7.89. The van der Waals surface area contributed by atoms with E-state index in [-0.39, 0.29) is 10.9 Å². The molecule has 0 spiro atoms. The molecule has 2 aromatic carbocycles. The van der Waals surface area contributed by atoms with Crippen molar-refractivity contribution >= 4 is 21.6 Å². The van der Waals surface area contributed by atoms with Gasteiger partial charge in [-0.3, -0.25) is 0 Å². The van der Waals surface area contributed by atoms with Crippen molar-refractivity contribution < 1.29 is 8.42 Å². The van der Waals surface area contributed by atoms with Crippen LogP contribution in [0.3, 0.4) is 0 Å². The highest BCUT2D eigenvalue weighted by Gasteiger charge is 2.16. The summed E-state index contributed by atoms with van der Waals surface area (Å²) in [6.45, 7) is 1.87.